The molecule has 14 heavy (non-hydrogen) atoms. The van der Waals surface area contributed by atoms with Gasteiger partial charge in [0.25, 0.3) is 0 Å². The molecule has 0 amide bonds. The second kappa shape index (κ2) is 6.51. The van der Waals surface area contributed by atoms with Gasteiger partial charge in [0, 0.05) is 11.0 Å². The molecule has 0 aliphatic rings. The smallest absolute Gasteiger partial charge is 0.140 e. The Kier molecular flexibility index (Phi) is 6.53. The van der Waals surface area contributed by atoms with Crippen LogP contribution < -0.4 is 10.5 Å². The monoisotopic (exact) mass is 299 g/mol. The number of nitrogens with two attached hydrogens (primary N) is 1. The molecule has 0 saturated heterocycles. The SMILES string of the molecule is Cc1cc(Br)cc(Cl)c1OCCN.Cl. The average Bonchev–Trinajstić information content (AvgIpc) is 2.02. The molecule has 0 fully saturated rings. The molecule has 0 saturated carbocycles. The molecule has 0 aromatic heterocycles. The Bertz CT molecular complexity index is 284. The molecular formula is C9H12BrCl2NO. The van der Waals surface area contributed by atoms with Crippen LogP contribution in [0, 0.1) is 6.92 Å². The minimum atomic E-state index is 0. The van der Waals surface area contributed by atoms with E-state index >= 15 is 0 Å². The summed E-state index contributed by atoms with van der Waals surface area (Å²) < 4.78 is 6.35. The zero-order valence-electron chi connectivity index (χ0n) is 7.72. The Balaban J connectivity index is 0.00000169. The number of benzene rings is 1. The van der Waals surface area contributed by atoms with Crippen LogP contribution in [-0.2, 0) is 0 Å². The first kappa shape index (κ1) is 14.0. The summed E-state index contributed by atoms with van der Waals surface area (Å²) in [6.45, 7) is 2.93. The van der Waals surface area contributed by atoms with Gasteiger partial charge in [0.1, 0.15) is 12.4 Å². The standard InChI is InChI=1S/C9H11BrClNO.ClH/c1-6-4-7(10)5-8(11)9(6)13-3-2-12;/h4-5H,2-3,12H2,1H3;1H. The van der Waals surface area contributed by atoms with Gasteiger partial charge < -0.3 is 10.5 Å². The topological polar surface area (TPSA) is 35.2 Å². The van der Waals surface area contributed by atoms with Gasteiger partial charge in [-0.05, 0) is 24.6 Å². The first-order valence-corrected chi connectivity index (χ1v) is 5.10. The van der Waals surface area contributed by atoms with Gasteiger partial charge in [0.2, 0.25) is 0 Å². The molecule has 0 aliphatic carbocycles. The van der Waals surface area contributed by atoms with Gasteiger partial charge in [-0.1, -0.05) is 27.5 Å². The molecule has 80 valence electrons. The second-order valence-corrected chi connectivity index (χ2v) is 3.99. The fourth-order valence-corrected chi connectivity index (χ4v) is 2.06. The minimum Gasteiger partial charge on any atom is -0.490 e. The highest BCUT2D eigenvalue weighted by Crippen LogP contribution is 2.31. The zero-order valence-corrected chi connectivity index (χ0v) is 10.9. The largest absolute Gasteiger partial charge is 0.490 e. The number of hydrogen-bond acceptors (Lipinski definition) is 2. The highest BCUT2D eigenvalue weighted by molar-refractivity contribution is 9.10. The van der Waals surface area contributed by atoms with Crippen molar-refractivity contribution in [1.82, 2.24) is 0 Å². The van der Waals surface area contributed by atoms with Crippen molar-refractivity contribution < 1.29 is 4.74 Å². The van der Waals surface area contributed by atoms with Gasteiger partial charge in [0.05, 0.1) is 5.02 Å². The van der Waals surface area contributed by atoms with E-state index in [0.29, 0.717) is 18.2 Å². The summed E-state index contributed by atoms with van der Waals surface area (Å²) in [5, 5.41) is 0.611. The van der Waals surface area contributed by atoms with E-state index in [-0.39, 0.29) is 12.4 Å². The first-order chi connectivity index (χ1) is 6.15. The van der Waals surface area contributed by atoms with E-state index < -0.39 is 0 Å². The van der Waals surface area contributed by atoms with Crippen molar-refractivity contribution in [2.45, 2.75) is 6.92 Å². The molecule has 1 aromatic rings. The van der Waals surface area contributed by atoms with Crippen LogP contribution in [0.15, 0.2) is 16.6 Å². The number of ether oxygens (including phenoxy) is 1. The summed E-state index contributed by atoms with van der Waals surface area (Å²) in [5.41, 5.74) is 6.34. The van der Waals surface area contributed by atoms with Crippen LogP contribution in [0.2, 0.25) is 5.02 Å². The predicted molar refractivity (Wildman–Crippen MR) is 65.7 cm³/mol. The predicted octanol–water partition coefficient (Wildman–Crippen LogP) is 3.17. The first-order valence-electron chi connectivity index (χ1n) is 3.93. The number of halogens is 3. The van der Waals surface area contributed by atoms with Crippen molar-refractivity contribution in [3.8, 4) is 5.75 Å². The van der Waals surface area contributed by atoms with Crippen molar-refractivity contribution in [2.75, 3.05) is 13.2 Å². The van der Waals surface area contributed by atoms with Gasteiger partial charge in [-0.2, -0.15) is 0 Å². The van der Waals surface area contributed by atoms with E-state index in [1.165, 1.54) is 0 Å². The lowest BCUT2D eigenvalue weighted by atomic mass is 10.2. The fraction of sp³-hybridized carbons (Fsp3) is 0.333. The second-order valence-electron chi connectivity index (χ2n) is 2.67. The fourth-order valence-electron chi connectivity index (χ4n) is 1.03. The van der Waals surface area contributed by atoms with Crippen molar-refractivity contribution in [3.63, 3.8) is 0 Å². The molecule has 0 spiro atoms. The van der Waals surface area contributed by atoms with Gasteiger partial charge >= 0.3 is 0 Å². The van der Waals surface area contributed by atoms with E-state index in [1.807, 2.05) is 13.0 Å². The van der Waals surface area contributed by atoms with Crippen LogP contribution in [0.1, 0.15) is 5.56 Å². The lowest BCUT2D eigenvalue weighted by Crippen LogP contribution is -2.11. The molecule has 0 unspecified atom stereocenters. The van der Waals surface area contributed by atoms with Crippen LogP contribution in [-0.4, -0.2) is 13.2 Å². The Morgan fingerprint density at radius 1 is 1.50 bits per heavy atom. The lowest BCUT2D eigenvalue weighted by molar-refractivity contribution is 0.326. The van der Waals surface area contributed by atoms with E-state index in [2.05, 4.69) is 15.9 Å². The third-order valence-corrected chi connectivity index (χ3v) is 2.30. The molecule has 0 heterocycles. The minimum absolute atomic E-state index is 0. The Labute approximate surface area is 103 Å². The lowest BCUT2D eigenvalue weighted by Gasteiger charge is -2.10. The van der Waals surface area contributed by atoms with Crippen LogP contribution in [0.5, 0.6) is 5.75 Å². The highest BCUT2D eigenvalue weighted by Gasteiger charge is 2.06. The van der Waals surface area contributed by atoms with Crippen LogP contribution in [0.4, 0.5) is 0 Å². The molecule has 0 bridgehead atoms. The quantitative estimate of drug-likeness (QED) is 0.930. The maximum atomic E-state index is 5.97. The number of rotatable bonds is 3. The third-order valence-electron chi connectivity index (χ3n) is 1.56. The Morgan fingerprint density at radius 2 is 2.14 bits per heavy atom. The van der Waals surface area contributed by atoms with Crippen molar-refractivity contribution in [2.24, 2.45) is 5.73 Å². The van der Waals surface area contributed by atoms with Gasteiger partial charge in [-0.15, -0.1) is 12.4 Å². The summed E-state index contributed by atoms with van der Waals surface area (Å²) in [7, 11) is 0. The maximum absolute atomic E-state index is 5.97. The highest BCUT2D eigenvalue weighted by atomic mass is 79.9. The van der Waals surface area contributed by atoms with Crippen molar-refractivity contribution in [1.29, 1.82) is 0 Å². The summed E-state index contributed by atoms with van der Waals surface area (Å²) in [6, 6.07) is 3.76. The van der Waals surface area contributed by atoms with E-state index in [1.54, 1.807) is 6.07 Å². The van der Waals surface area contributed by atoms with Crippen molar-refractivity contribution >= 4 is 39.9 Å². The molecular weight excluding hydrogens is 289 g/mol. The summed E-state index contributed by atoms with van der Waals surface area (Å²) in [4.78, 5) is 0. The molecule has 0 atom stereocenters. The molecule has 2 N–H and O–H groups in total. The summed E-state index contributed by atoms with van der Waals surface area (Å²) in [6.07, 6.45) is 0. The van der Waals surface area contributed by atoms with E-state index in [0.717, 1.165) is 15.8 Å². The molecule has 1 rings (SSSR count). The molecule has 1 aromatic carbocycles. The summed E-state index contributed by atoms with van der Waals surface area (Å²) >= 11 is 9.33. The normalized spacial score (nSPS) is 9.43. The van der Waals surface area contributed by atoms with Gasteiger partial charge in [-0.25, -0.2) is 0 Å². The zero-order chi connectivity index (χ0) is 9.84. The summed E-state index contributed by atoms with van der Waals surface area (Å²) in [5.74, 6) is 0.718. The number of aryl methyl sites for hydroxylation is 1. The van der Waals surface area contributed by atoms with Crippen LogP contribution in [0.25, 0.3) is 0 Å². The Hall–Kier alpha value is 0.0400. The molecule has 2 nitrogen and oxygen atoms in total. The van der Waals surface area contributed by atoms with Crippen LogP contribution >= 0.6 is 39.9 Å². The van der Waals surface area contributed by atoms with Gasteiger partial charge in [0.15, 0.2) is 0 Å². The molecule has 0 radical (unpaired) electrons. The van der Waals surface area contributed by atoms with E-state index in [9.17, 15) is 0 Å². The maximum Gasteiger partial charge on any atom is 0.140 e. The molecule has 0 aliphatic heterocycles. The van der Waals surface area contributed by atoms with Gasteiger partial charge in [-0.3, -0.25) is 0 Å². The Morgan fingerprint density at radius 3 is 2.64 bits per heavy atom. The van der Waals surface area contributed by atoms with Crippen LogP contribution in [0.3, 0.4) is 0 Å². The number of hydrogen-bond donors (Lipinski definition) is 1. The third kappa shape index (κ3) is 3.65. The molecule has 5 heteroatoms. The van der Waals surface area contributed by atoms with Crippen molar-refractivity contribution in [3.05, 3.63) is 27.2 Å². The average molecular weight is 301 g/mol. The van der Waals surface area contributed by atoms with E-state index in [4.69, 9.17) is 22.1 Å².